The summed E-state index contributed by atoms with van der Waals surface area (Å²) in [5.74, 6) is -1.77. The van der Waals surface area contributed by atoms with Crippen LogP contribution in [0.2, 0.25) is 0 Å². The first-order chi connectivity index (χ1) is 22.9. The van der Waals surface area contributed by atoms with Crippen molar-refractivity contribution >= 4 is 18.0 Å². The summed E-state index contributed by atoms with van der Waals surface area (Å²) in [6.45, 7) is 2.06. The summed E-state index contributed by atoms with van der Waals surface area (Å²) in [6.07, 6.45) is -1.12. The van der Waals surface area contributed by atoms with Crippen LogP contribution in [0, 0.1) is 6.92 Å². The number of aryl methyl sites for hydroxylation is 1. The van der Waals surface area contributed by atoms with Gasteiger partial charge in [0.1, 0.15) is 18.2 Å². The number of amides is 2. The van der Waals surface area contributed by atoms with Crippen LogP contribution in [0.1, 0.15) is 52.1 Å². The fraction of sp³-hybridized carbons (Fsp3) is 0.175. The smallest absolute Gasteiger partial charge is 0.407 e. The molecule has 7 heteroatoms. The highest BCUT2D eigenvalue weighted by atomic mass is 16.5. The average Bonchev–Trinajstić information content (AvgIpc) is 3.42. The Labute approximate surface area is 274 Å². The lowest BCUT2D eigenvalue weighted by Crippen LogP contribution is -2.48. The van der Waals surface area contributed by atoms with Gasteiger partial charge in [-0.05, 0) is 52.3 Å². The molecular formula is C40H36N2O5. The molecule has 3 N–H and O–H groups in total. The van der Waals surface area contributed by atoms with Crippen molar-refractivity contribution in [2.45, 2.75) is 37.3 Å². The van der Waals surface area contributed by atoms with Crippen molar-refractivity contribution in [2.75, 3.05) is 6.61 Å². The molecule has 0 saturated carbocycles. The monoisotopic (exact) mass is 624 g/mol. The molecule has 5 aromatic rings. The molecule has 1 atom stereocenters. The van der Waals surface area contributed by atoms with Crippen LogP contribution in [0.3, 0.4) is 0 Å². The van der Waals surface area contributed by atoms with Gasteiger partial charge in [0, 0.05) is 12.3 Å². The van der Waals surface area contributed by atoms with E-state index >= 15 is 0 Å². The molecule has 7 nitrogen and oxygen atoms in total. The molecule has 0 spiro atoms. The summed E-state index contributed by atoms with van der Waals surface area (Å²) < 4.78 is 5.58. The van der Waals surface area contributed by atoms with Gasteiger partial charge in [-0.3, -0.25) is 4.79 Å². The van der Waals surface area contributed by atoms with Gasteiger partial charge in [-0.2, -0.15) is 0 Å². The van der Waals surface area contributed by atoms with E-state index in [1.54, 1.807) is 0 Å². The standard InChI is InChI=1S/C40H36N2O5/c1-27-20-22-30(23-21-27)40(28-12-4-2-5-13-28,29-14-6-3-7-15-29)42-37(43)25-24-36(38(44)45)41-39(46)47-26-35-33-18-10-8-16-31(33)32-17-9-11-19-34(32)35/h2-23,35-36H,24-26H2,1H3,(H,41,46)(H,42,43)(H,44,45)/t36-/m1/s1. The van der Waals surface area contributed by atoms with E-state index in [0.29, 0.717) is 0 Å². The van der Waals surface area contributed by atoms with E-state index < -0.39 is 23.6 Å². The van der Waals surface area contributed by atoms with Gasteiger partial charge in [-0.1, -0.05) is 139 Å². The zero-order valence-corrected chi connectivity index (χ0v) is 26.1. The minimum Gasteiger partial charge on any atom is -0.480 e. The number of carboxylic acid groups (broad SMARTS) is 1. The number of benzene rings is 5. The molecule has 0 bridgehead atoms. The van der Waals surface area contributed by atoms with E-state index in [4.69, 9.17) is 4.74 Å². The third-order valence-corrected chi connectivity index (χ3v) is 8.82. The van der Waals surface area contributed by atoms with Gasteiger partial charge in [0.2, 0.25) is 5.91 Å². The Morgan fingerprint density at radius 1 is 0.702 bits per heavy atom. The molecule has 0 aliphatic heterocycles. The molecule has 1 aliphatic rings. The number of aliphatic carboxylic acids is 1. The second-order valence-electron chi connectivity index (χ2n) is 11.8. The van der Waals surface area contributed by atoms with Gasteiger partial charge in [0.15, 0.2) is 0 Å². The zero-order chi connectivity index (χ0) is 32.8. The Balaban J connectivity index is 1.16. The van der Waals surface area contributed by atoms with Crippen LogP contribution in [0.15, 0.2) is 133 Å². The lowest BCUT2D eigenvalue weighted by Gasteiger charge is -2.37. The topological polar surface area (TPSA) is 105 Å². The molecule has 236 valence electrons. The number of carbonyl (C=O) groups is 3. The lowest BCUT2D eigenvalue weighted by atomic mass is 9.76. The maximum absolute atomic E-state index is 13.7. The van der Waals surface area contributed by atoms with Crippen molar-refractivity contribution in [2.24, 2.45) is 0 Å². The van der Waals surface area contributed by atoms with Crippen molar-refractivity contribution in [3.05, 3.63) is 167 Å². The summed E-state index contributed by atoms with van der Waals surface area (Å²) in [4.78, 5) is 38.9. The molecule has 5 aromatic carbocycles. The average molecular weight is 625 g/mol. The number of rotatable bonds is 11. The number of hydrogen-bond acceptors (Lipinski definition) is 4. The number of carbonyl (C=O) groups excluding carboxylic acids is 2. The third-order valence-electron chi connectivity index (χ3n) is 8.82. The highest BCUT2D eigenvalue weighted by Gasteiger charge is 2.38. The van der Waals surface area contributed by atoms with Crippen LogP contribution in [-0.4, -0.2) is 35.7 Å². The van der Waals surface area contributed by atoms with Crippen LogP contribution >= 0.6 is 0 Å². The predicted molar refractivity (Wildman–Crippen MR) is 181 cm³/mol. The SMILES string of the molecule is Cc1ccc(C(NC(=O)CC[C@@H](NC(=O)OCC2c3ccccc3-c3ccccc32)C(=O)O)(c2ccccc2)c2ccccc2)cc1. The summed E-state index contributed by atoms with van der Waals surface area (Å²) in [6, 6.07) is 42.0. The van der Waals surface area contributed by atoms with E-state index in [0.717, 1.165) is 44.5 Å². The van der Waals surface area contributed by atoms with Crippen molar-refractivity contribution in [1.29, 1.82) is 0 Å². The number of carboxylic acids is 1. The van der Waals surface area contributed by atoms with E-state index in [-0.39, 0.29) is 31.3 Å². The second-order valence-corrected chi connectivity index (χ2v) is 11.8. The Hall–Kier alpha value is -5.69. The molecule has 0 radical (unpaired) electrons. The first-order valence-electron chi connectivity index (χ1n) is 15.7. The molecule has 0 heterocycles. The zero-order valence-electron chi connectivity index (χ0n) is 26.1. The van der Waals surface area contributed by atoms with Gasteiger partial charge in [-0.25, -0.2) is 9.59 Å². The largest absolute Gasteiger partial charge is 0.480 e. The minimum absolute atomic E-state index is 0.0555. The van der Waals surface area contributed by atoms with Gasteiger partial charge < -0.3 is 20.5 Å². The molecule has 0 fully saturated rings. The second kappa shape index (κ2) is 13.7. The molecule has 2 amide bonds. The number of alkyl carbamates (subject to hydrolysis) is 1. The van der Waals surface area contributed by atoms with E-state index in [9.17, 15) is 19.5 Å². The van der Waals surface area contributed by atoms with Crippen LogP contribution in [-0.2, 0) is 19.9 Å². The summed E-state index contributed by atoms with van der Waals surface area (Å²) in [5.41, 5.74) is 6.93. The summed E-state index contributed by atoms with van der Waals surface area (Å²) >= 11 is 0. The molecule has 0 aromatic heterocycles. The van der Waals surface area contributed by atoms with E-state index in [1.807, 2.05) is 140 Å². The summed E-state index contributed by atoms with van der Waals surface area (Å²) in [7, 11) is 0. The van der Waals surface area contributed by atoms with Gasteiger partial charge in [0.25, 0.3) is 0 Å². The first kappa shape index (κ1) is 31.3. The van der Waals surface area contributed by atoms with Crippen LogP contribution < -0.4 is 10.6 Å². The van der Waals surface area contributed by atoms with Crippen LogP contribution in [0.4, 0.5) is 4.79 Å². The van der Waals surface area contributed by atoms with Crippen molar-refractivity contribution < 1.29 is 24.2 Å². The fourth-order valence-corrected chi connectivity index (χ4v) is 6.48. The normalized spacial score (nSPS) is 12.8. The maximum Gasteiger partial charge on any atom is 0.407 e. The van der Waals surface area contributed by atoms with E-state index in [2.05, 4.69) is 10.6 Å². The maximum atomic E-state index is 13.7. The molecule has 6 rings (SSSR count). The van der Waals surface area contributed by atoms with Crippen LogP contribution in [0.5, 0.6) is 0 Å². The molecule has 1 aliphatic carbocycles. The van der Waals surface area contributed by atoms with Crippen molar-refractivity contribution in [1.82, 2.24) is 10.6 Å². The van der Waals surface area contributed by atoms with Gasteiger partial charge >= 0.3 is 12.1 Å². The van der Waals surface area contributed by atoms with Gasteiger partial charge in [-0.15, -0.1) is 0 Å². The third kappa shape index (κ3) is 6.51. The van der Waals surface area contributed by atoms with Crippen molar-refractivity contribution in [3.8, 4) is 11.1 Å². The Kier molecular flexibility index (Phi) is 9.16. The number of fused-ring (bicyclic) bond motifs is 3. The number of ether oxygens (including phenoxy) is 1. The quantitative estimate of drug-likeness (QED) is 0.135. The first-order valence-corrected chi connectivity index (χ1v) is 15.7. The number of hydrogen-bond donors (Lipinski definition) is 3. The molecule has 0 saturated heterocycles. The Morgan fingerprint density at radius 3 is 1.72 bits per heavy atom. The predicted octanol–water partition coefficient (Wildman–Crippen LogP) is 7.18. The molecule has 0 unspecified atom stereocenters. The van der Waals surface area contributed by atoms with Crippen molar-refractivity contribution in [3.63, 3.8) is 0 Å². The highest BCUT2D eigenvalue weighted by molar-refractivity contribution is 5.83. The Morgan fingerprint density at radius 2 is 1.19 bits per heavy atom. The summed E-state index contributed by atoms with van der Waals surface area (Å²) in [5, 5.41) is 15.7. The number of nitrogens with one attached hydrogen (secondary N) is 2. The van der Waals surface area contributed by atoms with Gasteiger partial charge in [0.05, 0.1) is 0 Å². The van der Waals surface area contributed by atoms with E-state index in [1.165, 1.54) is 0 Å². The molecule has 47 heavy (non-hydrogen) atoms. The highest BCUT2D eigenvalue weighted by Crippen LogP contribution is 2.44. The van der Waals surface area contributed by atoms with Crippen LogP contribution in [0.25, 0.3) is 11.1 Å². The molecular weight excluding hydrogens is 588 g/mol. The Bertz CT molecular complexity index is 1790. The fourth-order valence-electron chi connectivity index (χ4n) is 6.48. The minimum atomic E-state index is -1.32. The lowest BCUT2D eigenvalue weighted by molar-refractivity contribution is -0.139.